The molecular weight excluding hydrogens is 304 g/mol. The Morgan fingerprint density at radius 2 is 2.04 bits per heavy atom. The van der Waals surface area contributed by atoms with E-state index in [0.717, 1.165) is 12.0 Å². The number of hydrogen-bond donors (Lipinski definition) is 1. The van der Waals surface area contributed by atoms with Gasteiger partial charge in [-0.15, -0.1) is 0 Å². The monoisotopic (exact) mass is 322 g/mol. The topological polar surface area (TPSA) is 66.6 Å². The predicted molar refractivity (Wildman–Crippen MR) is 89.7 cm³/mol. The number of piperidine rings is 1. The van der Waals surface area contributed by atoms with Crippen LogP contribution in [0.25, 0.3) is 10.8 Å². The number of oxazole rings is 1. The zero-order valence-corrected chi connectivity index (χ0v) is 13.1. The number of benzene rings is 2. The zero-order valence-electron chi connectivity index (χ0n) is 13.1. The van der Waals surface area contributed by atoms with Gasteiger partial charge in [-0.05, 0) is 22.8 Å². The Bertz CT molecular complexity index is 860. The molecule has 1 aromatic heterocycles. The lowest BCUT2D eigenvalue weighted by Crippen LogP contribution is -2.45. The van der Waals surface area contributed by atoms with Gasteiger partial charge in [0.1, 0.15) is 0 Å². The van der Waals surface area contributed by atoms with Crippen LogP contribution >= 0.6 is 0 Å². The van der Waals surface area contributed by atoms with E-state index in [1.807, 2.05) is 12.1 Å². The average Bonchev–Trinajstić information content (AvgIpc) is 3.15. The van der Waals surface area contributed by atoms with Crippen molar-refractivity contribution in [2.24, 2.45) is 0 Å². The van der Waals surface area contributed by atoms with Crippen LogP contribution < -0.4 is 0 Å². The molecule has 1 saturated heterocycles. The molecule has 0 saturated carbocycles. The van der Waals surface area contributed by atoms with E-state index in [1.54, 1.807) is 4.90 Å². The Morgan fingerprint density at radius 1 is 1.21 bits per heavy atom. The van der Waals surface area contributed by atoms with E-state index in [1.165, 1.54) is 23.4 Å². The molecule has 4 rings (SSSR count). The highest BCUT2D eigenvalue weighted by Gasteiger charge is 2.32. The maximum atomic E-state index is 12.3. The van der Waals surface area contributed by atoms with E-state index < -0.39 is 6.10 Å². The summed E-state index contributed by atoms with van der Waals surface area (Å²) in [6.45, 7) is 0.894. The number of aromatic nitrogens is 1. The Kier molecular flexibility index (Phi) is 3.78. The van der Waals surface area contributed by atoms with Gasteiger partial charge in [0.2, 0.25) is 5.76 Å². The van der Waals surface area contributed by atoms with Crippen molar-refractivity contribution in [1.82, 2.24) is 9.88 Å². The number of fused-ring (bicyclic) bond motifs is 1. The Balaban J connectivity index is 1.53. The van der Waals surface area contributed by atoms with Crippen LogP contribution in [0.5, 0.6) is 0 Å². The summed E-state index contributed by atoms with van der Waals surface area (Å²) < 4.78 is 5.06. The van der Waals surface area contributed by atoms with Crippen LogP contribution in [0.2, 0.25) is 0 Å². The van der Waals surface area contributed by atoms with Crippen molar-refractivity contribution >= 4 is 16.7 Å². The fourth-order valence-corrected chi connectivity index (χ4v) is 3.42. The van der Waals surface area contributed by atoms with Crippen molar-refractivity contribution in [3.05, 3.63) is 66.4 Å². The summed E-state index contributed by atoms with van der Waals surface area (Å²) in [6, 6.07) is 14.5. The third kappa shape index (κ3) is 2.67. The van der Waals surface area contributed by atoms with Gasteiger partial charge in [0.15, 0.2) is 6.39 Å². The van der Waals surface area contributed by atoms with Crippen LogP contribution in [-0.2, 0) is 0 Å². The Labute approximate surface area is 139 Å². The highest BCUT2D eigenvalue weighted by molar-refractivity contribution is 5.91. The third-order valence-corrected chi connectivity index (χ3v) is 4.71. The molecule has 3 aromatic rings. The van der Waals surface area contributed by atoms with Gasteiger partial charge in [-0.2, -0.15) is 0 Å². The molecular formula is C19H18N2O3. The Morgan fingerprint density at radius 3 is 2.79 bits per heavy atom. The molecule has 0 aliphatic carbocycles. The quantitative estimate of drug-likeness (QED) is 0.788. The highest BCUT2D eigenvalue weighted by Crippen LogP contribution is 2.31. The van der Waals surface area contributed by atoms with E-state index in [4.69, 9.17) is 4.42 Å². The molecule has 122 valence electrons. The van der Waals surface area contributed by atoms with Crippen molar-refractivity contribution in [2.45, 2.75) is 18.4 Å². The van der Waals surface area contributed by atoms with Crippen LogP contribution in [0, 0.1) is 0 Å². The maximum absolute atomic E-state index is 12.3. The van der Waals surface area contributed by atoms with Gasteiger partial charge in [0.25, 0.3) is 5.91 Å². The van der Waals surface area contributed by atoms with Gasteiger partial charge in [-0.3, -0.25) is 4.79 Å². The average molecular weight is 322 g/mol. The third-order valence-electron chi connectivity index (χ3n) is 4.71. The molecule has 1 aliphatic rings. The summed E-state index contributed by atoms with van der Waals surface area (Å²) in [5, 5.41) is 12.9. The molecule has 5 heteroatoms. The molecule has 2 aromatic carbocycles. The van der Waals surface area contributed by atoms with Crippen LogP contribution in [0.3, 0.4) is 0 Å². The number of aliphatic hydroxyl groups is 1. The molecule has 1 aliphatic heterocycles. The molecule has 2 heterocycles. The van der Waals surface area contributed by atoms with Gasteiger partial charge < -0.3 is 14.4 Å². The summed E-state index contributed by atoms with van der Waals surface area (Å²) in [5.41, 5.74) is 1.12. The van der Waals surface area contributed by atoms with E-state index in [2.05, 4.69) is 35.3 Å². The summed E-state index contributed by atoms with van der Waals surface area (Å²) >= 11 is 0. The summed E-state index contributed by atoms with van der Waals surface area (Å²) in [6.07, 6.45) is 2.78. The number of hydrogen-bond acceptors (Lipinski definition) is 4. The number of aliphatic hydroxyl groups excluding tert-OH is 1. The first-order chi connectivity index (χ1) is 11.7. The summed E-state index contributed by atoms with van der Waals surface area (Å²) in [4.78, 5) is 17.7. The van der Waals surface area contributed by atoms with Crippen molar-refractivity contribution in [1.29, 1.82) is 0 Å². The molecule has 1 N–H and O–H groups in total. The van der Waals surface area contributed by atoms with Crippen molar-refractivity contribution < 1.29 is 14.3 Å². The molecule has 2 atom stereocenters. The minimum absolute atomic E-state index is 0.0355. The van der Waals surface area contributed by atoms with Crippen LogP contribution in [0.1, 0.15) is 28.5 Å². The van der Waals surface area contributed by atoms with E-state index in [-0.39, 0.29) is 17.6 Å². The van der Waals surface area contributed by atoms with Gasteiger partial charge in [0, 0.05) is 19.0 Å². The van der Waals surface area contributed by atoms with Gasteiger partial charge in [-0.1, -0.05) is 42.5 Å². The molecule has 1 fully saturated rings. The molecule has 0 bridgehead atoms. The number of amides is 1. The Hall–Kier alpha value is -2.66. The number of carbonyl (C=O) groups is 1. The fourth-order valence-electron chi connectivity index (χ4n) is 3.42. The first-order valence-corrected chi connectivity index (χ1v) is 8.07. The zero-order chi connectivity index (χ0) is 16.5. The highest BCUT2D eigenvalue weighted by atomic mass is 16.3. The van der Waals surface area contributed by atoms with Crippen LogP contribution in [-0.4, -0.2) is 40.1 Å². The minimum atomic E-state index is -0.591. The molecule has 5 nitrogen and oxygen atoms in total. The van der Waals surface area contributed by atoms with Gasteiger partial charge in [-0.25, -0.2) is 4.98 Å². The van der Waals surface area contributed by atoms with Crippen LogP contribution in [0.15, 0.2) is 59.5 Å². The maximum Gasteiger partial charge on any atom is 0.291 e. The van der Waals surface area contributed by atoms with Crippen molar-refractivity contribution in [3.8, 4) is 0 Å². The molecule has 0 unspecified atom stereocenters. The largest absolute Gasteiger partial charge is 0.438 e. The fraction of sp³-hybridized carbons (Fsp3) is 0.263. The summed E-state index contributed by atoms with van der Waals surface area (Å²) in [7, 11) is 0. The lowest BCUT2D eigenvalue weighted by Gasteiger charge is -2.35. The van der Waals surface area contributed by atoms with Gasteiger partial charge >= 0.3 is 0 Å². The van der Waals surface area contributed by atoms with E-state index in [0.29, 0.717) is 13.1 Å². The number of carbonyl (C=O) groups excluding carboxylic acids is 1. The lowest BCUT2D eigenvalue weighted by molar-refractivity contribution is 0.0360. The second-order valence-corrected chi connectivity index (χ2v) is 6.19. The number of likely N-dealkylation sites (tertiary alicyclic amines) is 1. The van der Waals surface area contributed by atoms with E-state index >= 15 is 0 Å². The first-order valence-electron chi connectivity index (χ1n) is 8.07. The number of rotatable bonds is 2. The standard InChI is InChI=1S/C19H18N2O3/c22-17-11-21(19(23)18-10-20-12-24-18)8-7-16(17)15-6-5-13-3-1-2-4-14(13)9-15/h1-6,9-10,12,16-17,22H,7-8,11H2/t16-,17+/m0/s1. The normalized spacial score (nSPS) is 21.1. The molecule has 1 amide bonds. The second-order valence-electron chi connectivity index (χ2n) is 6.19. The van der Waals surface area contributed by atoms with E-state index in [9.17, 15) is 9.90 Å². The smallest absolute Gasteiger partial charge is 0.291 e. The number of β-amino-alcohol motifs (C(OH)–C–C–N with tert-alkyl or cyclic N) is 1. The summed E-state index contributed by atoms with van der Waals surface area (Å²) in [5.74, 6) is 0.0308. The molecule has 0 radical (unpaired) electrons. The van der Waals surface area contributed by atoms with Crippen molar-refractivity contribution in [2.75, 3.05) is 13.1 Å². The van der Waals surface area contributed by atoms with Gasteiger partial charge in [0.05, 0.1) is 12.3 Å². The molecule has 0 spiro atoms. The minimum Gasteiger partial charge on any atom is -0.438 e. The van der Waals surface area contributed by atoms with Crippen LogP contribution in [0.4, 0.5) is 0 Å². The second kappa shape index (κ2) is 6.09. The SMILES string of the molecule is O=C(c1cnco1)N1CC[C@@H](c2ccc3ccccc3c2)[C@H](O)C1. The lowest BCUT2D eigenvalue weighted by atomic mass is 9.86. The molecule has 24 heavy (non-hydrogen) atoms. The predicted octanol–water partition coefficient (Wildman–Crippen LogP) is 2.82. The first kappa shape index (κ1) is 14.9. The van der Waals surface area contributed by atoms with Crippen molar-refractivity contribution in [3.63, 3.8) is 0 Å². The number of nitrogens with zero attached hydrogens (tertiary/aromatic N) is 2.